The van der Waals surface area contributed by atoms with Gasteiger partial charge in [-0.1, -0.05) is 24.3 Å². The molecule has 2 aliphatic carbocycles. The minimum absolute atomic E-state index is 0.0762. The van der Waals surface area contributed by atoms with Crippen LogP contribution >= 0.6 is 0 Å². The predicted octanol–water partition coefficient (Wildman–Crippen LogP) is 2.96. The topological polar surface area (TPSA) is 22.0 Å². The molecule has 0 saturated carbocycles. The third-order valence-corrected chi connectivity index (χ3v) is 4.39. The van der Waals surface area contributed by atoms with Crippen molar-refractivity contribution in [3.63, 3.8) is 0 Å². The fourth-order valence-corrected chi connectivity index (χ4v) is 3.55. The van der Waals surface area contributed by atoms with Crippen LogP contribution in [0.2, 0.25) is 0 Å². The number of hydrogen-bond acceptors (Lipinski definition) is 1. The van der Waals surface area contributed by atoms with E-state index in [-0.39, 0.29) is 11.8 Å². The Morgan fingerprint density at radius 3 is 3.11 bits per heavy atom. The normalized spacial score (nSPS) is 25.5. The second-order valence-corrected chi connectivity index (χ2v) is 5.44. The Morgan fingerprint density at radius 2 is 2.22 bits per heavy atom. The first kappa shape index (κ1) is 10.1. The Bertz CT molecular complexity index is 692. The molecule has 18 heavy (non-hydrogen) atoms. The van der Waals surface area contributed by atoms with Crippen molar-refractivity contribution in [1.82, 2.24) is 4.57 Å². The second-order valence-electron chi connectivity index (χ2n) is 5.44. The highest BCUT2D eigenvalue weighted by atomic mass is 16.1. The summed E-state index contributed by atoms with van der Waals surface area (Å²) in [6, 6.07) is 6.36. The molecule has 1 heterocycles. The first-order chi connectivity index (χ1) is 8.75. The minimum atomic E-state index is 0.0762. The molecule has 0 amide bonds. The number of carbonyl (C=O) groups excluding carboxylic acids is 1. The van der Waals surface area contributed by atoms with Crippen LogP contribution in [0.4, 0.5) is 0 Å². The number of fused-ring (bicyclic) bond motifs is 3. The van der Waals surface area contributed by atoms with Gasteiger partial charge in [-0.15, -0.1) is 0 Å². The number of Topliss-reactive ketones (excluding diaryl/α,β-unsaturated/α-hetero) is 1. The molecule has 2 aromatic rings. The van der Waals surface area contributed by atoms with Gasteiger partial charge in [0.05, 0.1) is 0 Å². The predicted molar refractivity (Wildman–Crippen MR) is 71.6 cm³/mol. The lowest BCUT2D eigenvalue weighted by atomic mass is 9.81. The summed E-state index contributed by atoms with van der Waals surface area (Å²) in [6.45, 7) is 0. The van der Waals surface area contributed by atoms with E-state index in [0.29, 0.717) is 5.78 Å². The molecule has 0 saturated heterocycles. The Kier molecular flexibility index (Phi) is 1.88. The smallest absolute Gasteiger partial charge is 0.147 e. The molecule has 1 aromatic carbocycles. The van der Waals surface area contributed by atoms with E-state index in [1.807, 2.05) is 0 Å². The SMILES string of the molecule is Cn1cc2c3c(cccc31)[C@@H]1CC=C[C@H](C2)C1=O. The number of aryl methyl sites for hydroxylation is 1. The minimum Gasteiger partial charge on any atom is -0.350 e. The lowest BCUT2D eigenvalue weighted by molar-refractivity contribution is -0.123. The van der Waals surface area contributed by atoms with Crippen LogP contribution in [0.25, 0.3) is 10.9 Å². The molecule has 2 aliphatic rings. The molecule has 0 fully saturated rings. The molecule has 1 aromatic heterocycles. The molecule has 2 nitrogen and oxygen atoms in total. The third kappa shape index (κ3) is 1.15. The molecular formula is C16H15NO. The maximum Gasteiger partial charge on any atom is 0.147 e. The van der Waals surface area contributed by atoms with E-state index in [1.54, 1.807) is 0 Å². The van der Waals surface area contributed by atoms with E-state index >= 15 is 0 Å². The van der Waals surface area contributed by atoms with Crippen molar-refractivity contribution in [3.05, 3.63) is 47.7 Å². The van der Waals surface area contributed by atoms with Crippen molar-refractivity contribution in [2.45, 2.75) is 18.8 Å². The highest BCUT2D eigenvalue weighted by Crippen LogP contribution is 2.40. The van der Waals surface area contributed by atoms with Crippen molar-refractivity contribution in [2.24, 2.45) is 13.0 Å². The van der Waals surface area contributed by atoms with Crippen LogP contribution < -0.4 is 0 Å². The fourth-order valence-electron chi connectivity index (χ4n) is 3.55. The molecule has 2 bridgehead atoms. The van der Waals surface area contributed by atoms with E-state index in [4.69, 9.17) is 0 Å². The van der Waals surface area contributed by atoms with E-state index in [2.05, 4.69) is 48.2 Å². The van der Waals surface area contributed by atoms with Crippen LogP contribution in [-0.2, 0) is 18.3 Å². The Hall–Kier alpha value is -1.83. The van der Waals surface area contributed by atoms with Gasteiger partial charge in [0.15, 0.2) is 0 Å². The molecular weight excluding hydrogens is 222 g/mol. The number of aromatic nitrogens is 1. The molecule has 4 rings (SSSR count). The maximum atomic E-state index is 12.5. The lowest BCUT2D eigenvalue weighted by Crippen LogP contribution is -2.23. The summed E-state index contributed by atoms with van der Waals surface area (Å²) in [5.74, 6) is 0.568. The zero-order valence-electron chi connectivity index (χ0n) is 10.4. The van der Waals surface area contributed by atoms with E-state index in [0.717, 1.165) is 12.8 Å². The number of allylic oxidation sites excluding steroid dienone is 2. The van der Waals surface area contributed by atoms with Crippen molar-refractivity contribution < 1.29 is 4.79 Å². The summed E-state index contributed by atoms with van der Waals surface area (Å²) < 4.78 is 2.18. The van der Waals surface area contributed by atoms with Gasteiger partial charge in [0.1, 0.15) is 5.78 Å². The van der Waals surface area contributed by atoms with Gasteiger partial charge in [-0.2, -0.15) is 0 Å². The maximum absolute atomic E-state index is 12.5. The van der Waals surface area contributed by atoms with Crippen LogP contribution in [0.5, 0.6) is 0 Å². The lowest BCUT2D eigenvalue weighted by Gasteiger charge is -2.21. The summed E-state index contributed by atoms with van der Waals surface area (Å²) in [7, 11) is 2.09. The summed E-state index contributed by atoms with van der Waals surface area (Å²) in [4.78, 5) is 12.5. The number of benzene rings is 1. The first-order valence-corrected chi connectivity index (χ1v) is 6.53. The Labute approximate surface area is 106 Å². The second kappa shape index (κ2) is 3.35. The molecule has 2 atom stereocenters. The molecule has 0 aliphatic heterocycles. The number of rotatable bonds is 0. The van der Waals surface area contributed by atoms with Gasteiger partial charge in [-0.25, -0.2) is 0 Å². The summed E-state index contributed by atoms with van der Waals surface area (Å²) in [5, 5.41) is 1.32. The van der Waals surface area contributed by atoms with Gasteiger partial charge >= 0.3 is 0 Å². The zero-order chi connectivity index (χ0) is 12.3. The van der Waals surface area contributed by atoms with Gasteiger partial charge < -0.3 is 4.57 Å². The summed E-state index contributed by atoms with van der Waals surface area (Å²) in [6.07, 6.45) is 8.20. The van der Waals surface area contributed by atoms with E-state index in [9.17, 15) is 4.79 Å². The zero-order valence-corrected chi connectivity index (χ0v) is 10.4. The molecule has 0 N–H and O–H groups in total. The van der Waals surface area contributed by atoms with Crippen LogP contribution in [0, 0.1) is 5.92 Å². The monoisotopic (exact) mass is 237 g/mol. The molecule has 0 spiro atoms. The summed E-state index contributed by atoms with van der Waals surface area (Å²) in [5.41, 5.74) is 3.82. The van der Waals surface area contributed by atoms with Crippen LogP contribution in [0.3, 0.4) is 0 Å². The summed E-state index contributed by atoms with van der Waals surface area (Å²) >= 11 is 0. The average molecular weight is 237 g/mol. The van der Waals surface area contributed by atoms with Gasteiger partial charge in [0, 0.05) is 36.0 Å². The quantitative estimate of drug-likeness (QED) is 0.646. The number of hydrogen-bond donors (Lipinski definition) is 0. The highest BCUT2D eigenvalue weighted by Gasteiger charge is 2.34. The standard InChI is InChI=1S/C16H15NO/c1-17-9-11-8-10-4-2-6-13(16(10)18)12-5-3-7-14(17)15(11)12/h2-5,7,9-10,13H,6,8H2,1H3/t10-,13+/m1/s1. The number of ketones is 1. The van der Waals surface area contributed by atoms with E-state index in [1.165, 1.54) is 22.0 Å². The Morgan fingerprint density at radius 1 is 1.33 bits per heavy atom. The van der Waals surface area contributed by atoms with Crippen molar-refractivity contribution in [1.29, 1.82) is 0 Å². The Balaban J connectivity index is 2.11. The molecule has 90 valence electrons. The molecule has 0 unspecified atom stereocenters. The average Bonchev–Trinajstić information content (AvgIpc) is 2.68. The van der Waals surface area contributed by atoms with Crippen molar-refractivity contribution in [3.8, 4) is 0 Å². The van der Waals surface area contributed by atoms with Crippen LogP contribution in [0.1, 0.15) is 23.5 Å². The van der Waals surface area contributed by atoms with Crippen LogP contribution in [-0.4, -0.2) is 10.4 Å². The van der Waals surface area contributed by atoms with Crippen molar-refractivity contribution >= 4 is 16.7 Å². The molecule has 2 heteroatoms. The van der Waals surface area contributed by atoms with Gasteiger partial charge in [-0.05, 0) is 30.0 Å². The van der Waals surface area contributed by atoms with Crippen molar-refractivity contribution in [2.75, 3.05) is 0 Å². The highest BCUT2D eigenvalue weighted by molar-refractivity contribution is 5.99. The first-order valence-electron chi connectivity index (χ1n) is 6.53. The fraction of sp³-hybridized carbons (Fsp3) is 0.312. The van der Waals surface area contributed by atoms with Gasteiger partial charge in [-0.3, -0.25) is 4.79 Å². The van der Waals surface area contributed by atoms with E-state index < -0.39 is 0 Å². The largest absolute Gasteiger partial charge is 0.350 e. The van der Waals surface area contributed by atoms with Crippen LogP contribution in [0.15, 0.2) is 36.5 Å². The number of carbonyl (C=O) groups is 1. The van der Waals surface area contributed by atoms with Gasteiger partial charge in [0.25, 0.3) is 0 Å². The van der Waals surface area contributed by atoms with Gasteiger partial charge in [0.2, 0.25) is 0 Å². The third-order valence-electron chi connectivity index (χ3n) is 4.39. The molecule has 0 radical (unpaired) electrons. The number of nitrogens with zero attached hydrogens (tertiary/aromatic N) is 1.